The number of benzene rings is 1. The second-order valence-electron chi connectivity index (χ2n) is 3.61. The molecule has 6 heteroatoms. The maximum absolute atomic E-state index is 12.0. The zero-order chi connectivity index (χ0) is 13.8. The van der Waals surface area contributed by atoms with Gasteiger partial charge in [-0.25, -0.2) is 0 Å². The summed E-state index contributed by atoms with van der Waals surface area (Å²) in [6, 6.07) is 6.42. The van der Waals surface area contributed by atoms with Crippen molar-refractivity contribution in [1.29, 1.82) is 0 Å². The van der Waals surface area contributed by atoms with Crippen LogP contribution in [0, 0.1) is 0 Å². The lowest BCUT2D eigenvalue weighted by Gasteiger charge is -2.12. The van der Waals surface area contributed by atoms with Gasteiger partial charge in [-0.2, -0.15) is 13.2 Å². The van der Waals surface area contributed by atoms with Crippen LogP contribution >= 0.6 is 11.6 Å². The Kier molecular flexibility index (Phi) is 4.93. The predicted octanol–water partition coefficient (Wildman–Crippen LogP) is 3.24. The molecule has 0 aliphatic rings. The van der Waals surface area contributed by atoms with Crippen molar-refractivity contribution in [3.63, 3.8) is 0 Å². The Labute approximate surface area is 107 Å². The van der Waals surface area contributed by atoms with Gasteiger partial charge in [-0.1, -0.05) is 29.8 Å². The predicted molar refractivity (Wildman–Crippen MR) is 62.2 cm³/mol. The average molecular weight is 279 g/mol. The molecule has 0 radical (unpaired) electrons. The van der Waals surface area contributed by atoms with Crippen molar-refractivity contribution < 1.29 is 23.1 Å². The highest BCUT2D eigenvalue weighted by Gasteiger charge is 2.38. The molecule has 0 aliphatic heterocycles. The van der Waals surface area contributed by atoms with Crippen LogP contribution in [-0.4, -0.2) is 23.2 Å². The minimum atomic E-state index is -4.77. The van der Waals surface area contributed by atoms with Crippen molar-refractivity contribution in [2.75, 3.05) is 0 Å². The normalized spacial score (nSPS) is 13.8. The number of alkyl halides is 3. The summed E-state index contributed by atoms with van der Waals surface area (Å²) in [6.07, 6.45) is -6.02. The summed E-state index contributed by atoms with van der Waals surface area (Å²) in [5.41, 5.74) is 0.634. The maximum atomic E-state index is 12.0. The van der Waals surface area contributed by atoms with Crippen LogP contribution in [0.1, 0.15) is 12.0 Å². The molecule has 18 heavy (non-hydrogen) atoms. The van der Waals surface area contributed by atoms with Crippen molar-refractivity contribution in [1.82, 2.24) is 0 Å². The molecule has 0 aliphatic carbocycles. The number of aliphatic hydroxyl groups excluding tert-OH is 1. The van der Waals surface area contributed by atoms with Gasteiger partial charge in [0.1, 0.15) is 0 Å². The molecule has 0 unspecified atom stereocenters. The number of halogens is 4. The van der Waals surface area contributed by atoms with Gasteiger partial charge in [0.25, 0.3) is 0 Å². The second kappa shape index (κ2) is 6.02. The molecule has 1 aromatic carbocycles. The first-order valence-electron chi connectivity index (χ1n) is 5.00. The molecule has 1 rings (SSSR count). The molecule has 0 saturated carbocycles. The Balaban J connectivity index is 2.57. The summed E-state index contributed by atoms with van der Waals surface area (Å²) in [5, 5.41) is 9.21. The highest BCUT2D eigenvalue weighted by atomic mass is 35.5. The van der Waals surface area contributed by atoms with Crippen LogP contribution in [-0.2, 0) is 4.79 Å². The minimum Gasteiger partial charge on any atom is -0.383 e. The molecule has 1 atom stereocenters. The van der Waals surface area contributed by atoms with Crippen molar-refractivity contribution >= 4 is 23.5 Å². The van der Waals surface area contributed by atoms with E-state index < -0.39 is 24.5 Å². The number of aliphatic hydroxyl groups is 1. The van der Waals surface area contributed by atoms with Gasteiger partial charge < -0.3 is 5.11 Å². The Bertz CT molecular complexity index is 438. The highest BCUT2D eigenvalue weighted by molar-refractivity contribution is 6.30. The third kappa shape index (κ3) is 4.89. The Morgan fingerprint density at radius 1 is 1.33 bits per heavy atom. The van der Waals surface area contributed by atoms with Gasteiger partial charge in [0.15, 0.2) is 11.9 Å². The summed E-state index contributed by atoms with van der Waals surface area (Å²) >= 11 is 5.64. The number of carbonyl (C=O) groups is 1. The molecule has 1 N–H and O–H groups in total. The van der Waals surface area contributed by atoms with E-state index in [4.69, 9.17) is 16.7 Å². The fourth-order valence-electron chi connectivity index (χ4n) is 1.14. The van der Waals surface area contributed by atoms with E-state index in [-0.39, 0.29) is 0 Å². The second-order valence-corrected chi connectivity index (χ2v) is 4.05. The zero-order valence-electron chi connectivity index (χ0n) is 9.12. The monoisotopic (exact) mass is 278 g/mol. The van der Waals surface area contributed by atoms with Crippen LogP contribution in [0.2, 0.25) is 5.02 Å². The standard InChI is InChI=1S/C12H10ClF3O2/c13-9-4-1-8(2-5-9)3-6-10(17)7-11(18)12(14,15)16/h1-6,11,18H,7H2/b6-3+/t11-/m1/s1. The van der Waals surface area contributed by atoms with E-state index in [0.717, 1.165) is 6.08 Å². The van der Waals surface area contributed by atoms with E-state index in [0.29, 0.717) is 10.6 Å². The topological polar surface area (TPSA) is 37.3 Å². The lowest BCUT2D eigenvalue weighted by Crippen LogP contribution is -2.30. The molecule has 0 saturated heterocycles. The van der Waals surface area contributed by atoms with Crippen LogP contribution in [0.3, 0.4) is 0 Å². The molecular weight excluding hydrogens is 269 g/mol. The van der Waals surface area contributed by atoms with Crippen molar-refractivity contribution in [2.24, 2.45) is 0 Å². The summed E-state index contributed by atoms with van der Waals surface area (Å²) in [5.74, 6) is -0.797. The van der Waals surface area contributed by atoms with Crippen LogP contribution in [0.5, 0.6) is 0 Å². The number of ketones is 1. The average Bonchev–Trinajstić information content (AvgIpc) is 2.27. The third-order valence-corrected chi connectivity index (χ3v) is 2.36. The minimum absolute atomic E-state index is 0.519. The summed E-state index contributed by atoms with van der Waals surface area (Å²) < 4.78 is 35.9. The smallest absolute Gasteiger partial charge is 0.383 e. The third-order valence-electron chi connectivity index (χ3n) is 2.10. The fraction of sp³-hybridized carbons (Fsp3) is 0.250. The van der Waals surface area contributed by atoms with Crippen molar-refractivity contribution in [3.05, 3.63) is 40.9 Å². The highest BCUT2D eigenvalue weighted by Crippen LogP contribution is 2.22. The molecule has 0 aromatic heterocycles. The largest absolute Gasteiger partial charge is 0.414 e. The molecule has 0 bridgehead atoms. The van der Waals surface area contributed by atoms with Gasteiger partial charge in [-0.15, -0.1) is 0 Å². The van der Waals surface area contributed by atoms with E-state index in [1.54, 1.807) is 24.3 Å². The van der Waals surface area contributed by atoms with Gasteiger partial charge >= 0.3 is 6.18 Å². The van der Waals surface area contributed by atoms with E-state index in [2.05, 4.69) is 0 Å². The molecule has 1 aromatic rings. The number of hydrogen-bond donors (Lipinski definition) is 1. The summed E-state index contributed by atoms with van der Waals surface area (Å²) in [4.78, 5) is 11.2. The maximum Gasteiger partial charge on any atom is 0.414 e. The van der Waals surface area contributed by atoms with Gasteiger partial charge in [0.2, 0.25) is 0 Å². The van der Waals surface area contributed by atoms with E-state index in [9.17, 15) is 18.0 Å². The first-order valence-corrected chi connectivity index (χ1v) is 5.38. The first-order chi connectivity index (χ1) is 8.29. The number of rotatable bonds is 4. The lowest BCUT2D eigenvalue weighted by molar-refractivity contribution is -0.205. The van der Waals surface area contributed by atoms with E-state index in [1.807, 2.05) is 0 Å². The molecule has 0 fully saturated rings. The van der Waals surface area contributed by atoms with Gasteiger partial charge in [-0.05, 0) is 23.8 Å². The Hall–Kier alpha value is -1.33. The van der Waals surface area contributed by atoms with Crippen LogP contribution in [0.25, 0.3) is 6.08 Å². The molecular formula is C12H10ClF3O2. The van der Waals surface area contributed by atoms with Gasteiger partial charge in [0.05, 0.1) is 0 Å². The SMILES string of the molecule is O=C(/C=C/c1ccc(Cl)cc1)C[C@@H](O)C(F)(F)F. The number of carbonyl (C=O) groups excluding carboxylic acids is 1. The van der Waals surface area contributed by atoms with Crippen LogP contribution < -0.4 is 0 Å². The van der Waals surface area contributed by atoms with E-state index >= 15 is 0 Å². The quantitative estimate of drug-likeness (QED) is 0.859. The van der Waals surface area contributed by atoms with Crippen molar-refractivity contribution in [3.8, 4) is 0 Å². The summed E-state index contributed by atoms with van der Waals surface area (Å²) in [7, 11) is 0. The van der Waals surface area contributed by atoms with Gasteiger partial charge in [0, 0.05) is 11.4 Å². The van der Waals surface area contributed by atoms with Gasteiger partial charge in [-0.3, -0.25) is 4.79 Å². The first kappa shape index (κ1) is 14.7. The molecule has 0 amide bonds. The van der Waals surface area contributed by atoms with Crippen LogP contribution in [0.15, 0.2) is 30.3 Å². The Morgan fingerprint density at radius 2 is 1.89 bits per heavy atom. The molecule has 98 valence electrons. The van der Waals surface area contributed by atoms with Crippen LogP contribution in [0.4, 0.5) is 13.2 Å². The molecule has 0 spiro atoms. The van der Waals surface area contributed by atoms with Crippen molar-refractivity contribution in [2.45, 2.75) is 18.7 Å². The number of allylic oxidation sites excluding steroid dienone is 1. The molecule has 0 heterocycles. The van der Waals surface area contributed by atoms with E-state index in [1.165, 1.54) is 6.08 Å². The summed E-state index contributed by atoms with van der Waals surface area (Å²) in [6.45, 7) is 0. The Morgan fingerprint density at radius 3 is 2.39 bits per heavy atom. The number of hydrogen-bond acceptors (Lipinski definition) is 2. The lowest BCUT2D eigenvalue weighted by atomic mass is 10.1. The fourth-order valence-corrected chi connectivity index (χ4v) is 1.26. The zero-order valence-corrected chi connectivity index (χ0v) is 9.87. The molecule has 2 nitrogen and oxygen atoms in total.